The van der Waals surface area contributed by atoms with Crippen LogP contribution in [-0.4, -0.2) is 50.5 Å². The molecule has 1 aliphatic carbocycles. The second-order valence-corrected chi connectivity index (χ2v) is 15.0. The van der Waals surface area contributed by atoms with Gasteiger partial charge >= 0.3 is 0 Å². The molecule has 3 aliphatic rings. The van der Waals surface area contributed by atoms with Gasteiger partial charge in [0.05, 0.1) is 23.6 Å². The maximum Gasteiger partial charge on any atom is 0.264 e. The van der Waals surface area contributed by atoms with Crippen LogP contribution in [0.4, 0.5) is 5.69 Å². The number of benzene rings is 2. The number of fused-ring (bicyclic) bond motifs is 2. The van der Waals surface area contributed by atoms with Gasteiger partial charge in [-0.05, 0) is 85.9 Å². The Kier molecular flexibility index (Phi) is 12.2. The monoisotopic (exact) mass is 644 g/mol. The number of nitrogens with one attached hydrogen (secondary N) is 1. The summed E-state index contributed by atoms with van der Waals surface area (Å²) < 4.78 is 34.3. The number of halogens is 1. The summed E-state index contributed by atoms with van der Waals surface area (Å²) in [4.78, 5) is 15.3. The molecule has 0 radical (unpaired) electrons. The van der Waals surface area contributed by atoms with Gasteiger partial charge in [0.2, 0.25) is 10.0 Å². The van der Waals surface area contributed by atoms with E-state index in [-0.39, 0.29) is 29.7 Å². The first-order valence-electron chi connectivity index (χ1n) is 16.3. The molecule has 44 heavy (non-hydrogen) atoms. The lowest BCUT2D eigenvalue weighted by atomic mass is 9.70. The molecular weight excluding hydrogens is 596 g/mol. The lowest BCUT2D eigenvalue weighted by Gasteiger charge is -2.42. The van der Waals surface area contributed by atoms with Crippen LogP contribution >= 0.6 is 11.6 Å². The first-order valence-corrected chi connectivity index (χ1v) is 18.2. The topological polar surface area (TPSA) is 95.9 Å². The van der Waals surface area contributed by atoms with Crippen molar-refractivity contribution in [3.8, 4) is 5.75 Å². The third kappa shape index (κ3) is 8.38. The molecular formula is C35H49ClN2O5S. The fraction of sp³-hybridized carbons (Fsp3) is 0.571. The number of carbonyl (C=O) groups excluding carboxylic acids is 1. The maximum atomic E-state index is 13.1. The summed E-state index contributed by atoms with van der Waals surface area (Å²) in [6.45, 7) is 9.98. The lowest BCUT2D eigenvalue weighted by Crippen LogP contribution is -2.44. The lowest BCUT2D eigenvalue weighted by molar-refractivity contribution is 0.0461. The van der Waals surface area contributed by atoms with Crippen LogP contribution in [0, 0.1) is 11.8 Å². The van der Waals surface area contributed by atoms with E-state index in [9.17, 15) is 18.3 Å². The molecule has 2 heterocycles. The van der Waals surface area contributed by atoms with Gasteiger partial charge in [-0.15, -0.1) is 0 Å². The Bertz CT molecular complexity index is 1410. The molecule has 2 aromatic carbocycles. The smallest absolute Gasteiger partial charge is 0.264 e. The van der Waals surface area contributed by atoms with Gasteiger partial charge in [0.1, 0.15) is 5.75 Å². The fourth-order valence-electron chi connectivity index (χ4n) is 6.33. The Morgan fingerprint density at radius 3 is 2.48 bits per heavy atom. The molecule has 2 aliphatic heterocycles. The molecule has 0 saturated heterocycles. The van der Waals surface area contributed by atoms with Crippen molar-refractivity contribution in [2.24, 2.45) is 11.8 Å². The molecule has 9 heteroatoms. The number of carbonyl (C=O) groups is 1. The number of sulfonamides is 1. The number of unbranched alkanes of at least 4 members (excludes halogenated alkanes) is 2. The van der Waals surface area contributed by atoms with Crippen molar-refractivity contribution in [2.75, 3.05) is 24.6 Å². The Morgan fingerprint density at radius 2 is 1.82 bits per heavy atom. The predicted octanol–water partition coefficient (Wildman–Crippen LogP) is 7.27. The van der Waals surface area contributed by atoms with Gasteiger partial charge in [-0.3, -0.25) is 4.79 Å². The van der Waals surface area contributed by atoms with E-state index in [0.29, 0.717) is 30.5 Å². The van der Waals surface area contributed by atoms with E-state index in [4.69, 9.17) is 16.3 Å². The Hall–Kier alpha value is -2.55. The fourth-order valence-corrected chi connectivity index (χ4v) is 7.47. The zero-order chi connectivity index (χ0) is 31.9. The Balaban J connectivity index is 0.000000818. The summed E-state index contributed by atoms with van der Waals surface area (Å²) >= 11 is 6.35. The highest BCUT2D eigenvalue weighted by atomic mass is 35.5. The van der Waals surface area contributed by atoms with Crippen molar-refractivity contribution in [2.45, 2.75) is 96.3 Å². The normalized spacial score (nSPS) is 27.0. The van der Waals surface area contributed by atoms with Gasteiger partial charge in [0.15, 0.2) is 0 Å². The SMILES string of the molecule is CCCCC.CCCc1cc(Cl)ccc1C1COc2ccc3cc2N(C1)CC1CCC1C(O)/C=C/CC(C)S(=O)(=O)NC3=O. The highest BCUT2D eigenvalue weighted by Gasteiger charge is 2.38. The zero-order valence-corrected chi connectivity index (χ0v) is 28.2. The molecule has 5 rings (SSSR count). The largest absolute Gasteiger partial charge is 0.491 e. The van der Waals surface area contributed by atoms with Crippen molar-refractivity contribution in [1.82, 2.24) is 4.72 Å². The minimum absolute atomic E-state index is 0.0696. The van der Waals surface area contributed by atoms with Crippen molar-refractivity contribution >= 4 is 33.2 Å². The second kappa shape index (κ2) is 15.6. The number of amides is 1. The molecule has 5 atom stereocenters. The van der Waals surface area contributed by atoms with E-state index < -0.39 is 27.3 Å². The molecule has 1 amide bonds. The number of hydrogen-bond donors (Lipinski definition) is 2. The highest BCUT2D eigenvalue weighted by molar-refractivity contribution is 7.90. The van der Waals surface area contributed by atoms with Gasteiger partial charge < -0.3 is 14.7 Å². The number of aliphatic hydroxyl groups excluding tert-OH is 1. The molecule has 5 unspecified atom stereocenters. The third-order valence-electron chi connectivity index (χ3n) is 9.15. The summed E-state index contributed by atoms with van der Waals surface area (Å²) in [5, 5.41) is 10.8. The molecule has 242 valence electrons. The third-order valence-corrected chi connectivity index (χ3v) is 11.1. The van der Waals surface area contributed by atoms with Crippen LogP contribution in [0.1, 0.15) is 100 Å². The molecule has 1 saturated carbocycles. The number of hydrogen-bond acceptors (Lipinski definition) is 6. The standard InChI is InChI=1S/C30H37ClN2O5S.C5H12/c1-3-5-20-14-24(31)10-12-25(20)23-17-33-16-22-8-11-26(22)28(34)7-4-6-19(2)39(36,37)32-30(35)21-9-13-29(38-18-23)27(33)15-21;1-3-5-4-2/h4,7,9-10,12-15,19,22-23,26,28,34H,3,5-6,8,11,16-18H2,1-2H3,(H,32,35);3-5H2,1-2H3/b7-4+;. The quantitative estimate of drug-likeness (QED) is 0.333. The molecule has 2 N–H and O–H groups in total. The number of allylic oxidation sites excluding steroid dienone is 1. The zero-order valence-electron chi connectivity index (χ0n) is 26.6. The van der Waals surface area contributed by atoms with Crippen LogP contribution < -0.4 is 14.4 Å². The van der Waals surface area contributed by atoms with E-state index in [1.165, 1.54) is 30.4 Å². The van der Waals surface area contributed by atoms with E-state index in [0.717, 1.165) is 31.4 Å². The van der Waals surface area contributed by atoms with E-state index >= 15 is 0 Å². The van der Waals surface area contributed by atoms with Crippen molar-refractivity contribution in [1.29, 1.82) is 0 Å². The number of anilines is 1. The summed E-state index contributed by atoms with van der Waals surface area (Å²) in [6.07, 6.45) is 10.9. The van der Waals surface area contributed by atoms with Crippen LogP contribution in [0.5, 0.6) is 5.75 Å². The molecule has 2 aromatic rings. The Morgan fingerprint density at radius 1 is 1.05 bits per heavy atom. The van der Waals surface area contributed by atoms with Gasteiger partial charge in [-0.25, -0.2) is 13.1 Å². The van der Waals surface area contributed by atoms with Gasteiger partial charge in [0, 0.05) is 29.6 Å². The first-order chi connectivity index (χ1) is 21.1. The minimum atomic E-state index is -3.90. The first kappa shape index (κ1) is 34.3. The van der Waals surface area contributed by atoms with Crippen LogP contribution in [0.3, 0.4) is 0 Å². The molecule has 0 spiro atoms. The number of aryl methyl sites for hydroxylation is 1. The van der Waals surface area contributed by atoms with Gasteiger partial charge in [-0.1, -0.05) is 76.3 Å². The van der Waals surface area contributed by atoms with Crippen LogP contribution in [0.2, 0.25) is 5.02 Å². The number of nitrogens with zero attached hydrogens (tertiary/aromatic N) is 1. The number of rotatable bonds is 5. The van der Waals surface area contributed by atoms with Crippen molar-refractivity contribution in [3.63, 3.8) is 0 Å². The van der Waals surface area contributed by atoms with Crippen molar-refractivity contribution < 1.29 is 23.1 Å². The van der Waals surface area contributed by atoms with E-state index in [1.807, 2.05) is 12.1 Å². The van der Waals surface area contributed by atoms with Gasteiger partial charge in [0.25, 0.3) is 5.91 Å². The number of ether oxygens (including phenoxy) is 1. The molecule has 0 aromatic heterocycles. The van der Waals surface area contributed by atoms with Crippen LogP contribution in [0.15, 0.2) is 48.6 Å². The summed E-state index contributed by atoms with van der Waals surface area (Å²) in [5.41, 5.74) is 3.46. The predicted molar refractivity (Wildman–Crippen MR) is 179 cm³/mol. The summed E-state index contributed by atoms with van der Waals surface area (Å²) in [6, 6.07) is 11.2. The average molecular weight is 645 g/mol. The minimum Gasteiger partial charge on any atom is -0.491 e. The summed E-state index contributed by atoms with van der Waals surface area (Å²) in [5.74, 6) is 0.435. The highest BCUT2D eigenvalue weighted by Crippen LogP contribution is 2.42. The molecule has 2 bridgehead atoms. The molecule has 7 nitrogen and oxygen atoms in total. The van der Waals surface area contributed by atoms with E-state index in [1.54, 1.807) is 37.3 Å². The Labute approximate surface area is 269 Å². The maximum absolute atomic E-state index is 13.1. The second-order valence-electron chi connectivity index (χ2n) is 12.5. The van der Waals surface area contributed by atoms with Crippen LogP contribution in [0.25, 0.3) is 0 Å². The summed E-state index contributed by atoms with van der Waals surface area (Å²) in [7, 11) is -3.90. The average Bonchev–Trinajstić information content (AvgIpc) is 3.14. The van der Waals surface area contributed by atoms with Gasteiger partial charge in [-0.2, -0.15) is 0 Å². The van der Waals surface area contributed by atoms with E-state index in [2.05, 4.69) is 36.5 Å². The van der Waals surface area contributed by atoms with Crippen LogP contribution in [-0.2, 0) is 16.4 Å². The number of aliphatic hydroxyl groups is 1. The molecule has 1 fully saturated rings. The van der Waals surface area contributed by atoms with Crippen molar-refractivity contribution in [3.05, 3.63) is 70.3 Å².